The van der Waals surface area contributed by atoms with E-state index in [0.29, 0.717) is 17.1 Å². The molecule has 1 amide bonds. The molecule has 2 aliphatic heterocycles. The molecule has 7 nitrogen and oxygen atoms in total. The first kappa shape index (κ1) is 15.7. The number of ether oxygens (including phenoxy) is 3. The van der Waals surface area contributed by atoms with Crippen LogP contribution in [0.5, 0.6) is 11.5 Å². The van der Waals surface area contributed by atoms with E-state index in [1.54, 1.807) is 31.2 Å². The third kappa shape index (κ3) is 1.67. The molecule has 2 heterocycles. The van der Waals surface area contributed by atoms with E-state index in [1.165, 1.54) is 0 Å². The smallest absolute Gasteiger partial charge is 0.323 e. The van der Waals surface area contributed by atoms with Gasteiger partial charge in [-0.25, -0.2) is 0 Å². The zero-order valence-corrected chi connectivity index (χ0v) is 13.7. The van der Waals surface area contributed by atoms with Crippen molar-refractivity contribution in [1.29, 1.82) is 0 Å². The van der Waals surface area contributed by atoms with Gasteiger partial charge in [0.05, 0.1) is 12.1 Å². The molecule has 2 fully saturated rings. The van der Waals surface area contributed by atoms with Gasteiger partial charge in [0.25, 0.3) is 5.91 Å². The van der Waals surface area contributed by atoms with E-state index in [1.807, 2.05) is 0 Å². The fraction of sp³-hybridized carbons (Fsp3) is 0.389. The SMILES string of the molecule is C=C[C@@H]1C[C@@]2(C(=O)OCC)C(=O)C(=O)N[C@@]12c1ccc2c(c1)OCO2. The molecule has 0 bridgehead atoms. The molecular weight excluding hydrogens is 326 g/mol. The zero-order valence-electron chi connectivity index (χ0n) is 13.7. The summed E-state index contributed by atoms with van der Waals surface area (Å²) in [6.07, 6.45) is 1.84. The number of ketones is 1. The molecule has 25 heavy (non-hydrogen) atoms. The molecule has 1 N–H and O–H groups in total. The highest BCUT2D eigenvalue weighted by molar-refractivity contribution is 6.45. The minimum Gasteiger partial charge on any atom is -0.465 e. The Morgan fingerprint density at radius 2 is 2.16 bits per heavy atom. The summed E-state index contributed by atoms with van der Waals surface area (Å²) in [6.45, 7) is 5.69. The highest BCUT2D eigenvalue weighted by Crippen LogP contribution is 2.64. The van der Waals surface area contributed by atoms with E-state index >= 15 is 0 Å². The molecule has 1 saturated heterocycles. The normalized spacial score (nSPS) is 31.8. The Bertz CT molecular complexity index is 818. The molecule has 130 valence electrons. The van der Waals surface area contributed by atoms with Gasteiger partial charge in [-0.05, 0) is 31.0 Å². The lowest BCUT2D eigenvalue weighted by Crippen LogP contribution is -2.68. The number of nitrogens with one attached hydrogen (secondary N) is 1. The average Bonchev–Trinajstić information content (AvgIpc) is 3.12. The topological polar surface area (TPSA) is 90.9 Å². The van der Waals surface area contributed by atoms with Gasteiger partial charge in [0.2, 0.25) is 12.6 Å². The molecule has 0 unspecified atom stereocenters. The fourth-order valence-corrected chi connectivity index (χ4v) is 4.26. The van der Waals surface area contributed by atoms with Crippen molar-refractivity contribution in [2.24, 2.45) is 11.3 Å². The van der Waals surface area contributed by atoms with Crippen LogP contribution in [0.3, 0.4) is 0 Å². The van der Waals surface area contributed by atoms with Gasteiger partial charge in [-0.15, -0.1) is 6.58 Å². The largest absolute Gasteiger partial charge is 0.465 e. The van der Waals surface area contributed by atoms with Crippen molar-refractivity contribution >= 4 is 17.7 Å². The summed E-state index contributed by atoms with van der Waals surface area (Å²) >= 11 is 0. The van der Waals surface area contributed by atoms with Crippen LogP contribution >= 0.6 is 0 Å². The van der Waals surface area contributed by atoms with Gasteiger partial charge in [-0.1, -0.05) is 12.1 Å². The van der Waals surface area contributed by atoms with Crippen LogP contribution in [-0.4, -0.2) is 31.1 Å². The first-order valence-electron chi connectivity index (χ1n) is 8.08. The van der Waals surface area contributed by atoms with Crippen molar-refractivity contribution in [2.45, 2.75) is 18.9 Å². The van der Waals surface area contributed by atoms with Gasteiger partial charge >= 0.3 is 5.97 Å². The van der Waals surface area contributed by atoms with Gasteiger partial charge in [0.15, 0.2) is 16.9 Å². The first-order valence-corrected chi connectivity index (χ1v) is 8.08. The predicted octanol–water partition coefficient (Wildman–Crippen LogP) is 1.06. The Hall–Kier alpha value is -2.83. The summed E-state index contributed by atoms with van der Waals surface area (Å²) in [5.74, 6) is -1.43. The molecule has 3 aliphatic rings. The second-order valence-electron chi connectivity index (χ2n) is 6.33. The summed E-state index contributed by atoms with van der Waals surface area (Å²) in [4.78, 5) is 37.7. The van der Waals surface area contributed by atoms with Gasteiger partial charge in [-0.2, -0.15) is 0 Å². The highest BCUT2D eigenvalue weighted by atomic mass is 16.7. The summed E-state index contributed by atoms with van der Waals surface area (Å²) in [6, 6.07) is 5.14. The minimum absolute atomic E-state index is 0.102. The van der Waals surface area contributed by atoms with Gasteiger partial charge in [0.1, 0.15) is 0 Å². The van der Waals surface area contributed by atoms with E-state index in [9.17, 15) is 14.4 Å². The number of esters is 1. The van der Waals surface area contributed by atoms with Crippen LogP contribution in [-0.2, 0) is 24.7 Å². The van der Waals surface area contributed by atoms with Crippen molar-refractivity contribution in [3.63, 3.8) is 0 Å². The quantitative estimate of drug-likeness (QED) is 0.381. The number of carbonyl (C=O) groups is 3. The van der Waals surface area contributed by atoms with Crippen LogP contribution in [0.2, 0.25) is 0 Å². The number of benzene rings is 1. The number of hydrogen-bond acceptors (Lipinski definition) is 6. The average molecular weight is 343 g/mol. The minimum atomic E-state index is -1.58. The van der Waals surface area contributed by atoms with E-state index in [2.05, 4.69) is 11.9 Å². The number of rotatable bonds is 4. The molecule has 1 aromatic carbocycles. The molecule has 1 aliphatic carbocycles. The van der Waals surface area contributed by atoms with Crippen LogP contribution in [0.25, 0.3) is 0 Å². The van der Waals surface area contributed by atoms with Crippen molar-refractivity contribution in [1.82, 2.24) is 5.32 Å². The van der Waals surface area contributed by atoms with Crippen molar-refractivity contribution < 1.29 is 28.6 Å². The lowest BCUT2D eigenvalue weighted by molar-refractivity contribution is -0.177. The maximum Gasteiger partial charge on any atom is 0.323 e. The molecule has 3 atom stereocenters. The molecule has 4 rings (SSSR count). The number of Topliss-reactive ketones (excluding diaryl/α,β-unsaturated/α-hetero) is 1. The highest BCUT2D eigenvalue weighted by Gasteiger charge is 2.79. The van der Waals surface area contributed by atoms with Crippen molar-refractivity contribution in [3.05, 3.63) is 36.4 Å². The van der Waals surface area contributed by atoms with Crippen LogP contribution < -0.4 is 14.8 Å². The van der Waals surface area contributed by atoms with Crippen molar-refractivity contribution in [2.75, 3.05) is 13.4 Å². The zero-order chi connectivity index (χ0) is 17.8. The molecule has 0 radical (unpaired) electrons. The van der Waals surface area contributed by atoms with Crippen LogP contribution in [0.15, 0.2) is 30.9 Å². The molecule has 1 aromatic rings. The van der Waals surface area contributed by atoms with Gasteiger partial charge in [0, 0.05) is 5.92 Å². The second-order valence-corrected chi connectivity index (χ2v) is 6.33. The third-order valence-corrected chi connectivity index (χ3v) is 5.40. The van der Waals surface area contributed by atoms with Crippen LogP contribution in [0.1, 0.15) is 18.9 Å². The monoisotopic (exact) mass is 343 g/mol. The first-order chi connectivity index (χ1) is 12.0. The number of amides is 1. The summed E-state index contributed by atoms with van der Waals surface area (Å²) in [5.41, 5.74) is -2.19. The lowest BCUT2D eigenvalue weighted by Gasteiger charge is -2.56. The molecule has 7 heteroatoms. The summed E-state index contributed by atoms with van der Waals surface area (Å²) in [5, 5.41) is 2.75. The Morgan fingerprint density at radius 3 is 2.88 bits per heavy atom. The van der Waals surface area contributed by atoms with E-state index in [-0.39, 0.29) is 25.7 Å². The van der Waals surface area contributed by atoms with Gasteiger partial charge in [-0.3, -0.25) is 14.4 Å². The Morgan fingerprint density at radius 1 is 1.40 bits per heavy atom. The fourth-order valence-electron chi connectivity index (χ4n) is 4.26. The standard InChI is InChI=1S/C18H17NO6/c1-3-10-8-17(16(22)23-4-2)14(20)15(21)19-18(10,17)11-5-6-12-13(7-11)25-9-24-12/h3,5-7,10H,1,4,8-9H2,2H3,(H,19,21)/t10-,17+,18-/m1/s1. The second kappa shape index (κ2) is 5.08. The molecule has 0 spiro atoms. The Kier molecular flexibility index (Phi) is 3.19. The Balaban J connectivity index is 1.91. The number of fused-ring (bicyclic) bond motifs is 2. The Labute approximate surface area is 143 Å². The van der Waals surface area contributed by atoms with Gasteiger partial charge < -0.3 is 19.5 Å². The molecular formula is C18H17NO6. The van der Waals surface area contributed by atoms with Crippen LogP contribution in [0, 0.1) is 11.3 Å². The number of hydrogen-bond donors (Lipinski definition) is 1. The number of carbonyl (C=O) groups excluding carboxylic acids is 3. The summed E-state index contributed by atoms with van der Waals surface area (Å²) < 4.78 is 15.9. The lowest BCUT2D eigenvalue weighted by atomic mass is 9.46. The molecule has 0 aromatic heterocycles. The molecule has 1 saturated carbocycles. The van der Waals surface area contributed by atoms with E-state index < -0.39 is 28.6 Å². The van der Waals surface area contributed by atoms with E-state index in [0.717, 1.165) is 0 Å². The predicted molar refractivity (Wildman–Crippen MR) is 84.8 cm³/mol. The van der Waals surface area contributed by atoms with E-state index in [4.69, 9.17) is 14.2 Å². The maximum atomic E-state index is 12.7. The maximum absolute atomic E-state index is 12.7. The van der Waals surface area contributed by atoms with Crippen LogP contribution in [0.4, 0.5) is 0 Å². The third-order valence-electron chi connectivity index (χ3n) is 5.40. The summed E-state index contributed by atoms with van der Waals surface area (Å²) in [7, 11) is 0. The van der Waals surface area contributed by atoms with Crippen molar-refractivity contribution in [3.8, 4) is 11.5 Å².